The topological polar surface area (TPSA) is 98.7 Å². The molecule has 6 nitrogen and oxygen atoms in total. The van der Waals surface area contributed by atoms with Crippen LogP contribution in [0.5, 0.6) is 0 Å². The number of carboxylic acids is 1. The quantitative estimate of drug-likeness (QED) is 0.365. The highest BCUT2D eigenvalue weighted by molar-refractivity contribution is 5.74. The fourth-order valence-electron chi connectivity index (χ4n) is 0.970. The van der Waals surface area contributed by atoms with Gasteiger partial charge >= 0.3 is 12.0 Å². The van der Waals surface area contributed by atoms with E-state index in [9.17, 15) is 14.7 Å². The van der Waals surface area contributed by atoms with E-state index in [4.69, 9.17) is 11.5 Å². The van der Waals surface area contributed by atoms with Gasteiger partial charge < -0.3 is 20.8 Å². The van der Waals surface area contributed by atoms with Crippen molar-refractivity contribution in [3.63, 3.8) is 0 Å². The smallest absolute Gasteiger partial charge is 0.314 e. The molecule has 0 aromatic rings. The zero-order valence-electron chi connectivity index (χ0n) is 9.12. The van der Waals surface area contributed by atoms with Gasteiger partial charge in [0.15, 0.2) is 0 Å². The van der Waals surface area contributed by atoms with Gasteiger partial charge in [0, 0.05) is 19.5 Å². The number of urea groups is 1. The number of hydrogen-bond acceptors (Lipinski definition) is 3. The number of carboxylic acid groups (broad SMARTS) is 1. The molecule has 0 spiro atoms. The molecule has 0 aliphatic heterocycles. The van der Waals surface area contributed by atoms with Crippen LogP contribution in [0.1, 0.15) is 19.8 Å². The largest absolute Gasteiger partial charge is 0.481 e. The first-order chi connectivity index (χ1) is 7.37. The van der Waals surface area contributed by atoms with Gasteiger partial charge in [0.2, 0.25) is 0 Å². The van der Waals surface area contributed by atoms with Crippen LogP contribution in [-0.4, -0.2) is 40.9 Å². The number of aliphatic carboxylic acids is 1. The van der Waals surface area contributed by atoms with Gasteiger partial charge in [-0.3, -0.25) is 4.79 Å². The van der Waals surface area contributed by atoms with Crippen LogP contribution in [0.2, 0.25) is 0 Å². The number of aliphatic hydroxyl groups is 1. The lowest BCUT2D eigenvalue weighted by Crippen LogP contribution is -2.45. The van der Waals surface area contributed by atoms with Crippen molar-refractivity contribution in [2.45, 2.75) is 25.4 Å². The summed E-state index contributed by atoms with van der Waals surface area (Å²) in [5.41, 5.74) is -1.46. The second-order valence-corrected chi connectivity index (χ2v) is 3.63. The number of amides is 2. The summed E-state index contributed by atoms with van der Waals surface area (Å²) in [6.45, 7) is 1.54. The Kier molecular flexibility index (Phi) is 5.96. The van der Waals surface area contributed by atoms with Gasteiger partial charge in [-0.2, -0.15) is 0 Å². The molecule has 0 fully saturated rings. The zero-order chi connectivity index (χ0) is 12.6. The van der Waals surface area contributed by atoms with Crippen molar-refractivity contribution in [3.8, 4) is 12.3 Å². The third kappa shape index (κ3) is 7.64. The fraction of sp³-hybridized carbons (Fsp3) is 0.600. The third-order valence-corrected chi connectivity index (χ3v) is 1.72. The summed E-state index contributed by atoms with van der Waals surface area (Å²) < 4.78 is 0. The van der Waals surface area contributed by atoms with Crippen molar-refractivity contribution in [2.75, 3.05) is 13.1 Å². The lowest BCUT2D eigenvalue weighted by atomic mass is 10.0. The molecule has 0 saturated carbocycles. The van der Waals surface area contributed by atoms with E-state index in [0.717, 1.165) is 0 Å². The van der Waals surface area contributed by atoms with E-state index in [1.807, 2.05) is 0 Å². The fourth-order valence-corrected chi connectivity index (χ4v) is 0.970. The van der Waals surface area contributed by atoms with Crippen LogP contribution < -0.4 is 10.6 Å². The van der Waals surface area contributed by atoms with E-state index in [-0.39, 0.29) is 6.54 Å². The standard InChI is InChI=1S/C10H16N2O4/c1-3-4-5-11-9(15)12-7-10(2,16)6-8(13)14/h1,16H,4-7H2,2H3,(H,13,14)(H2,11,12,15). The van der Waals surface area contributed by atoms with E-state index in [1.165, 1.54) is 6.92 Å². The molecule has 4 N–H and O–H groups in total. The number of nitrogens with one attached hydrogen (secondary N) is 2. The average Bonchev–Trinajstić information content (AvgIpc) is 2.13. The normalized spacial score (nSPS) is 13.3. The summed E-state index contributed by atoms with van der Waals surface area (Å²) in [6, 6.07) is -0.485. The van der Waals surface area contributed by atoms with Crippen LogP contribution in [0.3, 0.4) is 0 Å². The van der Waals surface area contributed by atoms with E-state index in [1.54, 1.807) is 0 Å². The molecule has 0 saturated heterocycles. The molecule has 0 heterocycles. The van der Waals surface area contributed by atoms with E-state index >= 15 is 0 Å². The highest BCUT2D eigenvalue weighted by atomic mass is 16.4. The van der Waals surface area contributed by atoms with Gasteiger partial charge in [-0.25, -0.2) is 4.79 Å². The molecule has 1 atom stereocenters. The Morgan fingerprint density at radius 3 is 2.56 bits per heavy atom. The Hall–Kier alpha value is -1.74. The average molecular weight is 228 g/mol. The highest BCUT2D eigenvalue weighted by Crippen LogP contribution is 2.06. The summed E-state index contributed by atoms with van der Waals surface area (Å²) in [4.78, 5) is 21.5. The predicted molar refractivity (Wildman–Crippen MR) is 57.7 cm³/mol. The summed E-state index contributed by atoms with van der Waals surface area (Å²) >= 11 is 0. The maximum absolute atomic E-state index is 11.1. The van der Waals surface area contributed by atoms with Gasteiger partial charge in [-0.15, -0.1) is 12.3 Å². The monoisotopic (exact) mass is 228 g/mol. The van der Waals surface area contributed by atoms with E-state index < -0.39 is 24.0 Å². The van der Waals surface area contributed by atoms with Crippen molar-refractivity contribution in [3.05, 3.63) is 0 Å². The Labute approximate surface area is 94.0 Å². The Morgan fingerprint density at radius 2 is 2.06 bits per heavy atom. The van der Waals surface area contributed by atoms with Crippen molar-refractivity contribution in [1.82, 2.24) is 10.6 Å². The van der Waals surface area contributed by atoms with Gasteiger partial charge in [-0.1, -0.05) is 0 Å². The van der Waals surface area contributed by atoms with E-state index in [2.05, 4.69) is 16.6 Å². The maximum Gasteiger partial charge on any atom is 0.314 e. The first-order valence-electron chi connectivity index (χ1n) is 4.77. The molecule has 90 valence electrons. The molecule has 0 aliphatic carbocycles. The SMILES string of the molecule is C#CCCNC(=O)NCC(C)(O)CC(=O)O. The van der Waals surface area contributed by atoms with Crippen molar-refractivity contribution >= 4 is 12.0 Å². The molecule has 2 amide bonds. The van der Waals surface area contributed by atoms with Gasteiger partial charge in [0.1, 0.15) is 0 Å². The summed E-state index contributed by atoms with van der Waals surface area (Å²) in [7, 11) is 0. The first-order valence-corrected chi connectivity index (χ1v) is 4.77. The molecule has 0 rings (SSSR count). The van der Waals surface area contributed by atoms with Gasteiger partial charge in [-0.05, 0) is 6.92 Å². The third-order valence-electron chi connectivity index (χ3n) is 1.72. The molecule has 0 aromatic carbocycles. The number of carbonyl (C=O) groups excluding carboxylic acids is 1. The molecule has 1 unspecified atom stereocenters. The molecule has 6 heteroatoms. The minimum Gasteiger partial charge on any atom is -0.481 e. The second-order valence-electron chi connectivity index (χ2n) is 3.63. The van der Waals surface area contributed by atoms with E-state index in [0.29, 0.717) is 13.0 Å². The number of rotatable bonds is 6. The first kappa shape index (κ1) is 14.3. The summed E-state index contributed by atoms with van der Waals surface area (Å²) in [5.74, 6) is 1.23. The van der Waals surface area contributed by atoms with Crippen LogP contribution in [0.25, 0.3) is 0 Å². The van der Waals surface area contributed by atoms with Crippen molar-refractivity contribution in [1.29, 1.82) is 0 Å². The number of terminal acetylenes is 1. The van der Waals surface area contributed by atoms with Crippen LogP contribution in [0, 0.1) is 12.3 Å². The molecule has 0 aliphatic rings. The van der Waals surface area contributed by atoms with Crippen LogP contribution in [0.15, 0.2) is 0 Å². The Bertz CT molecular complexity index is 294. The maximum atomic E-state index is 11.1. The van der Waals surface area contributed by atoms with Crippen LogP contribution >= 0.6 is 0 Å². The summed E-state index contributed by atoms with van der Waals surface area (Å²) in [6.07, 6.45) is 4.97. The minimum atomic E-state index is -1.46. The summed E-state index contributed by atoms with van der Waals surface area (Å²) in [5, 5.41) is 22.8. The lowest BCUT2D eigenvalue weighted by molar-refractivity contribution is -0.141. The Balaban J connectivity index is 3.82. The number of hydrogen-bond donors (Lipinski definition) is 4. The molecule has 0 bridgehead atoms. The van der Waals surface area contributed by atoms with Crippen molar-refractivity contribution < 1.29 is 19.8 Å². The highest BCUT2D eigenvalue weighted by Gasteiger charge is 2.24. The lowest BCUT2D eigenvalue weighted by Gasteiger charge is -2.21. The molecule has 0 radical (unpaired) electrons. The second kappa shape index (κ2) is 6.69. The van der Waals surface area contributed by atoms with Crippen LogP contribution in [0.4, 0.5) is 4.79 Å². The van der Waals surface area contributed by atoms with Gasteiger partial charge in [0.05, 0.1) is 12.0 Å². The van der Waals surface area contributed by atoms with Gasteiger partial charge in [0.25, 0.3) is 0 Å². The van der Waals surface area contributed by atoms with Crippen LogP contribution in [-0.2, 0) is 4.79 Å². The Morgan fingerprint density at radius 1 is 1.44 bits per heavy atom. The predicted octanol–water partition coefficient (Wildman–Crippen LogP) is -0.465. The van der Waals surface area contributed by atoms with Crippen molar-refractivity contribution in [2.24, 2.45) is 0 Å². The zero-order valence-corrected chi connectivity index (χ0v) is 9.12. The molecule has 0 aromatic heterocycles. The molecular weight excluding hydrogens is 212 g/mol. The minimum absolute atomic E-state index is 0.138. The molecule has 16 heavy (non-hydrogen) atoms. The number of carbonyl (C=O) groups is 2. The molecular formula is C10H16N2O4.